The molecule has 0 aromatic carbocycles. The van der Waals surface area contributed by atoms with E-state index in [1.54, 1.807) is 0 Å². The van der Waals surface area contributed by atoms with E-state index in [0.717, 1.165) is 21.3 Å². The number of H-pyrrole nitrogens is 1. The lowest BCUT2D eigenvalue weighted by molar-refractivity contribution is -0.671. The van der Waals surface area contributed by atoms with Gasteiger partial charge in [0.2, 0.25) is 5.69 Å². The number of aryl methyl sites for hydroxylation is 1. The quantitative estimate of drug-likeness (QED) is 0.252. The van der Waals surface area contributed by atoms with Crippen LogP contribution in [0.4, 0.5) is 0 Å². The number of ketones is 1. The molecule has 0 aliphatic carbocycles. The first-order chi connectivity index (χ1) is 10.9. The maximum absolute atomic E-state index is 12.1. The molecule has 10 heteroatoms. The number of nitrogens with one attached hydrogen (secondary N) is 1. The smallest absolute Gasteiger partial charge is 0.383 e. The van der Waals surface area contributed by atoms with Crippen molar-refractivity contribution in [2.75, 3.05) is 21.3 Å². The van der Waals surface area contributed by atoms with Crippen molar-refractivity contribution in [2.24, 2.45) is 7.05 Å². The summed E-state index contributed by atoms with van der Waals surface area (Å²) in [4.78, 5) is 50.0. The molecule has 23 heavy (non-hydrogen) atoms. The van der Waals surface area contributed by atoms with Crippen LogP contribution < -0.4 is 4.57 Å². The van der Waals surface area contributed by atoms with Crippen LogP contribution in [-0.2, 0) is 26.1 Å². The summed E-state index contributed by atoms with van der Waals surface area (Å²) in [6.45, 7) is 0. The van der Waals surface area contributed by atoms with Crippen molar-refractivity contribution in [3.63, 3.8) is 0 Å². The van der Waals surface area contributed by atoms with Gasteiger partial charge in [-0.15, -0.1) is 0 Å². The van der Waals surface area contributed by atoms with Gasteiger partial charge in [-0.05, 0) is 0 Å². The molecule has 0 fully saturated rings. The van der Waals surface area contributed by atoms with E-state index in [0.29, 0.717) is 0 Å². The van der Waals surface area contributed by atoms with Gasteiger partial charge in [0.05, 0.1) is 28.4 Å². The molecule has 2 aromatic rings. The third-order valence-electron chi connectivity index (χ3n) is 3.18. The fourth-order valence-electron chi connectivity index (χ4n) is 2.16. The molecular formula is C13H14N3O7+. The van der Waals surface area contributed by atoms with Gasteiger partial charge in [0, 0.05) is 0 Å². The van der Waals surface area contributed by atoms with Crippen LogP contribution in [0.15, 0.2) is 6.33 Å². The minimum absolute atomic E-state index is 0.0590. The standard InChI is InChI=1S/C13H13N3O7/c1-15-5-16-7(12(19)22-3)6(11(18)21-2)14-10(16)8(15)9(17)13(20)23-4/h5H,1-4H3/p+1. The fourth-order valence-corrected chi connectivity index (χ4v) is 2.16. The van der Waals surface area contributed by atoms with E-state index in [1.165, 1.54) is 22.3 Å². The molecule has 0 aliphatic rings. The number of aromatic amines is 1. The Bertz CT molecular complexity index is 830. The summed E-state index contributed by atoms with van der Waals surface area (Å²) in [7, 11) is 4.85. The van der Waals surface area contributed by atoms with Gasteiger partial charge in [-0.25, -0.2) is 19.0 Å². The Labute approximate surface area is 129 Å². The second-order valence-electron chi connectivity index (χ2n) is 4.45. The van der Waals surface area contributed by atoms with Gasteiger partial charge in [0.1, 0.15) is 0 Å². The number of ether oxygens (including phenoxy) is 3. The molecule has 0 saturated heterocycles. The number of imidazole rings is 2. The fraction of sp³-hybridized carbons (Fsp3) is 0.308. The van der Waals surface area contributed by atoms with E-state index in [2.05, 4.69) is 19.2 Å². The Balaban J connectivity index is 2.79. The predicted molar refractivity (Wildman–Crippen MR) is 71.9 cm³/mol. The normalized spacial score (nSPS) is 10.4. The van der Waals surface area contributed by atoms with Crippen LogP contribution >= 0.6 is 0 Å². The Morgan fingerprint density at radius 3 is 2.17 bits per heavy atom. The first-order valence-electron chi connectivity index (χ1n) is 6.29. The highest BCUT2D eigenvalue weighted by atomic mass is 16.5. The van der Waals surface area contributed by atoms with E-state index < -0.39 is 23.7 Å². The van der Waals surface area contributed by atoms with E-state index >= 15 is 0 Å². The molecular weight excluding hydrogens is 310 g/mol. The summed E-state index contributed by atoms with van der Waals surface area (Å²) >= 11 is 0. The molecule has 10 nitrogen and oxygen atoms in total. The van der Waals surface area contributed by atoms with Crippen molar-refractivity contribution in [1.29, 1.82) is 0 Å². The number of esters is 3. The molecule has 1 N–H and O–H groups in total. The second-order valence-corrected chi connectivity index (χ2v) is 4.45. The highest BCUT2D eigenvalue weighted by molar-refractivity contribution is 6.40. The first kappa shape index (κ1) is 16.2. The van der Waals surface area contributed by atoms with Crippen LogP contribution in [0.2, 0.25) is 0 Å². The van der Waals surface area contributed by atoms with Gasteiger partial charge in [0.25, 0.3) is 17.7 Å². The first-order valence-corrected chi connectivity index (χ1v) is 6.29. The third kappa shape index (κ3) is 2.43. The molecule has 122 valence electrons. The average molecular weight is 324 g/mol. The minimum Gasteiger partial charge on any atom is -0.464 e. The Kier molecular flexibility index (Phi) is 4.16. The third-order valence-corrected chi connectivity index (χ3v) is 3.18. The Morgan fingerprint density at radius 1 is 1.04 bits per heavy atom. The topological polar surface area (TPSA) is 120 Å². The van der Waals surface area contributed by atoms with Gasteiger partial charge < -0.3 is 19.2 Å². The van der Waals surface area contributed by atoms with Crippen LogP contribution in [0, 0.1) is 0 Å². The van der Waals surface area contributed by atoms with Crippen LogP contribution in [0.3, 0.4) is 0 Å². The summed E-state index contributed by atoms with van der Waals surface area (Å²) in [6, 6.07) is 0. The Morgan fingerprint density at radius 2 is 1.65 bits per heavy atom. The number of hydrogen-bond donors (Lipinski definition) is 1. The van der Waals surface area contributed by atoms with Crippen LogP contribution in [-0.4, -0.2) is 54.4 Å². The minimum atomic E-state index is -1.08. The summed E-state index contributed by atoms with van der Waals surface area (Å²) < 4.78 is 16.2. The molecule has 0 bridgehead atoms. The molecule has 0 unspecified atom stereocenters. The molecule has 0 saturated carbocycles. The Hall–Kier alpha value is -3.17. The van der Waals surface area contributed by atoms with Crippen LogP contribution in [0.5, 0.6) is 0 Å². The van der Waals surface area contributed by atoms with E-state index in [1.807, 2.05) is 0 Å². The lowest BCUT2D eigenvalue weighted by Gasteiger charge is -1.98. The number of Topliss-reactive ketones (excluding diaryl/α,β-unsaturated/α-hetero) is 1. The second kappa shape index (κ2) is 5.91. The molecule has 2 heterocycles. The van der Waals surface area contributed by atoms with E-state index in [-0.39, 0.29) is 22.7 Å². The number of fused-ring (bicyclic) bond motifs is 1. The number of methoxy groups -OCH3 is 3. The highest BCUT2D eigenvalue weighted by Gasteiger charge is 2.37. The number of nitrogens with zero attached hydrogens (tertiary/aromatic N) is 2. The zero-order chi connectivity index (χ0) is 17.3. The number of aromatic nitrogens is 3. The van der Waals surface area contributed by atoms with Crippen LogP contribution in [0.25, 0.3) is 5.65 Å². The molecule has 0 spiro atoms. The molecule has 0 aliphatic heterocycles. The molecule has 0 radical (unpaired) electrons. The molecule has 0 atom stereocenters. The highest BCUT2D eigenvalue weighted by Crippen LogP contribution is 2.17. The van der Waals surface area contributed by atoms with E-state index in [9.17, 15) is 19.2 Å². The SMILES string of the molecule is COC(=O)C(=O)c1c2[nH]c(C(=O)OC)c(C(=O)OC)n2c[n+]1C. The summed E-state index contributed by atoms with van der Waals surface area (Å²) in [6.07, 6.45) is 1.35. The maximum atomic E-state index is 12.1. The lowest BCUT2D eigenvalue weighted by atomic mass is 10.3. The number of hydrogen-bond acceptors (Lipinski definition) is 7. The zero-order valence-corrected chi connectivity index (χ0v) is 12.8. The molecule has 2 aromatic heterocycles. The van der Waals surface area contributed by atoms with Crippen molar-refractivity contribution in [1.82, 2.24) is 9.38 Å². The number of rotatable bonds is 4. The van der Waals surface area contributed by atoms with Gasteiger partial charge in [0.15, 0.2) is 5.69 Å². The zero-order valence-electron chi connectivity index (χ0n) is 12.8. The number of carbonyl (C=O) groups excluding carboxylic acids is 4. The summed E-state index contributed by atoms with van der Waals surface area (Å²) in [5.41, 5.74) is -0.386. The van der Waals surface area contributed by atoms with E-state index in [4.69, 9.17) is 0 Å². The van der Waals surface area contributed by atoms with Crippen molar-refractivity contribution in [3.8, 4) is 0 Å². The summed E-state index contributed by atoms with van der Waals surface area (Å²) in [5, 5.41) is 0. The van der Waals surface area contributed by atoms with Crippen molar-refractivity contribution in [3.05, 3.63) is 23.4 Å². The largest absolute Gasteiger partial charge is 0.464 e. The molecule has 2 rings (SSSR count). The predicted octanol–water partition coefficient (Wildman–Crippen LogP) is -0.979. The van der Waals surface area contributed by atoms with Crippen molar-refractivity contribution < 1.29 is 38.0 Å². The average Bonchev–Trinajstić information content (AvgIpc) is 3.06. The number of carbonyl (C=O) groups is 4. The van der Waals surface area contributed by atoms with Crippen LogP contribution in [0.1, 0.15) is 31.5 Å². The molecule has 0 amide bonds. The lowest BCUT2D eigenvalue weighted by Crippen LogP contribution is -2.36. The van der Waals surface area contributed by atoms with Crippen molar-refractivity contribution in [2.45, 2.75) is 0 Å². The summed E-state index contributed by atoms with van der Waals surface area (Å²) in [5.74, 6) is -3.66. The monoisotopic (exact) mass is 324 g/mol. The maximum Gasteiger partial charge on any atom is 0.383 e. The van der Waals surface area contributed by atoms with Gasteiger partial charge >= 0.3 is 23.7 Å². The van der Waals surface area contributed by atoms with Crippen molar-refractivity contribution >= 4 is 29.3 Å². The van der Waals surface area contributed by atoms with Gasteiger partial charge in [-0.1, -0.05) is 0 Å². The van der Waals surface area contributed by atoms with Gasteiger partial charge in [-0.2, -0.15) is 4.40 Å². The van der Waals surface area contributed by atoms with Gasteiger partial charge in [-0.3, -0.25) is 4.79 Å².